The van der Waals surface area contributed by atoms with Crippen LogP contribution in [0.3, 0.4) is 0 Å². The van der Waals surface area contributed by atoms with Gasteiger partial charge in [0.2, 0.25) is 0 Å². The SMILES string of the molecule is O=C(O)C1(Cn2nnnc2-c2cccc(F)c2)CC1. The minimum absolute atomic E-state index is 0.210. The molecule has 0 saturated heterocycles. The lowest BCUT2D eigenvalue weighted by atomic mass is 10.1. The lowest BCUT2D eigenvalue weighted by Gasteiger charge is -2.10. The van der Waals surface area contributed by atoms with Crippen LogP contribution in [-0.2, 0) is 11.3 Å². The predicted molar refractivity (Wildman–Crippen MR) is 62.5 cm³/mol. The Morgan fingerprint density at radius 1 is 1.47 bits per heavy atom. The second kappa shape index (κ2) is 4.11. The van der Waals surface area contributed by atoms with Gasteiger partial charge in [-0.1, -0.05) is 12.1 Å². The highest BCUT2D eigenvalue weighted by Gasteiger charge is 2.51. The molecular formula is C12H11FN4O2. The zero-order chi connectivity index (χ0) is 13.5. The van der Waals surface area contributed by atoms with E-state index in [9.17, 15) is 9.18 Å². The van der Waals surface area contributed by atoms with Crippen molar-refractivity contribution in [3.8, 4) is 11.4 Å². The fraction of sp³-hybridized carbons (Fsp3) is 0.333. The number of rotatable bonds is 4. The van der Waals surface area contributed by atoms with E-state index in [4.69, 9.17) is 5.11 Å². The van der Waals surface area contributed by atoms with Crippen molar-refractivity contribution in [2.24, 2.45) is 5.41 Å². The van der Waals surface area contributed by atoms with Gasteiger partial charge in [0.15, 0.2) is 5.82 Å². The van der Waals surface area contributed by atoms with Crippen molar-refractivity contribution < 1.29 is 14.3 Å². The maximum Gasteiger partial charge on any atom is 0.311 e. The molecule has 98 valence electrons. The van der Waals surface area contributed by atoms with Gasteiger partial charge in [0.1, 0.15) is 5.82 Å². The van der Waals surface area contributed by atoms with Gasteiger partial charge in [-0.2, -0.15) is 0 Å². The lowest BCUT2D eigenvalue weighted by Crippen LogP contribution is -2.22. The summed E-state index contributed by atoms with van der Waals surface area (Å²) in [7, 11) is 0. The van der Waals surface area contributed by atoms with Gasteiger partial charge in [0.05, 0.1) is 12.0 Å². The zero-order valence-electron chi connectivity index (χ0n) is 9.95. The van der Waals surface area contributed by atoms with Gasteiger partial charge in [-0.05, 0) is 35.4 Å². The summed E-state index contributed by atoms with van der Waals surface area (Å²) in [6.45, 7) is 0.210. The molecule has 0 radical (unpaired) electrons. The third-order valence-electron chi connectivity index (χ3n) is 3.37. The lowest BCUT2D eigenvalue weighted by molar-refractivity contribution is -0.144. The summed E-state index contributed by atoms with van der Waals surface area (Å²) in [5.41, 5.74) is -0.233. The van der Waals surface area contributed by atoms with Crippen LogP contribution in [0.4, 0.5) is 4.39 Å². The van der Waals surface area contributed by atoms with Crippen LogP contribution >= 0.6 is 0 Å². The first-order valence-corrected chi connectivity index (χ1v) is 5.86. The second-order valence-corrected chi connectivity index (χ2v) is 4.76. The minimum Gasteiger partial charge on any atom is -0.481 e. The van der Waals surface area contributed by atoms with E-state index in [2.05, 4.69) is 15.5 Å². The number of aromatic nitrogens is 4. The van der Waals surface area contributed by atoms with Crippen molar-refractivity contribution in [3.05, 3.63) is 30.1 Å². The van der Waals surface area contributed by atoms with Crippen LogP contribution in [0.25, 0.3) is 11.4 Å². The number of hydrogen-bond acceptors (Lipinski definition) is 4. The monoisotopic (exact) mass is 262 g/mol. The normalized spacial score (nSPS) is 16.3. The maximum absolute atomic E-state index is 13.2. The van der Waals surface area contributed by atoms with Gasteiger partial charge in [-0.3, -0.25) is 4.79 Å². The molecule has 6 nitrogen and oxygen atoms in total. The van der Waals surface area contributed by atoms with E-state index in [0.29, 0.717) is 24.2 Å². The quantitative estimate of drug-likeness (QED) is 0.899. The fourth-order valence-corrected chi connectivity index (χ4v) is 2.02. The molecule has 1 saturated carbocycles. The molecule has 3 rings (SSSR count). The van der Waals surface area contributed by atoms with Crippen LogP contribution in [0.2, 0.25) is 0 Å². The molecule has 0 amide bonds. The summed E-state index contributed by atoms with van der Waals surface area (Å²) in [5.74, 6) is -0.841. The van der Waals surface area contributed by atoms with E-state index in [1.54, 1.807) is 12.1 Å². The number of tetrazole rings is 1. The van der Waals surface area contributed by atoms with Crippen LogP contribution < -0.4 is 0 Å². The number of carboxylic acids is 1. The van der Waals surface area contributed by atoms with Crippen molar-refractivity contribution in [3.63, 3.8) is 0 Å². The molecule has 1 aromatic heterocycles. The molecule has 19 heavy (non-hydrogen) atoms. The molecule has 1 fully saturated rings. The summed E-state index contributed by atoms with van der Waals surface area (Å²) in [5, 5.41) is 20.4. The van der Waals surface area contributed by atoms with Crippen molar-refractivity contribution in [1.29, 1.82) is 0 Å². The van der Waals surface area contributed by atoms with E-state index in [1.165, 1.54) is 16.8 Å². The number of aliphatic carboxylic acids is 1. The third kappa shape index (κ3) is 2.07. The molecule has 1 heterocycles. The highest BCUT2D eigenvalue weighted by atomic mass is 19.1. The fourth-order valence-electron chi connectivity index (χ4n) is 2.02. The van der Waals surface area contributed by atoms with Gasteiger partial charge >= 0.3 is 5.97 Å². The van der Waals surface area contributed by atoms with Crippen molar-refractivity contribution in [1.82, 2.24) is 20.2 Å². The molecule has 0 aliphatic heterocycles. The van der Waals surface area contributed by atoms with E-state index in [-0.39, 0.29) is 12.4 Å². The number of nitrogens with zero attached hydrogens (tertiary/aromatic N) is 4. The predicted octanol–water partition coefficient (Wildman–Crippen LogP) is 1.34. The Bertz CT molecular complexity index is 636. The van der Waals surface area contributed by atoms with E-state index in [1.807, 2.05) is 0 Å². The van der Waals surface area contributed by atoms with Gasteiger partial charge in [0.25, 0.3) is 0 Å². The summed E-state index contributed by atoms with van der Waals surface area (Å²) in [6, 6.07) is 5.90. The molecular weight excluding hydrogens is 251 g/mol. The second-order valence-electron chi connectivity index (χ2n) is 4.76. The Kier molecular flexibility index (Phi) is 2.55. The Morgan fingerprint density at radius 2 is 2.26 bits per heavy atom. The van der Waals surface area contributed by atoms with E-state index >= 15 is 0 Å². The first kappa shape index (κ1) is 11.8. The molecule has 0 atom stereocenters. The zero-order valence-corrected chi connectivity index (χ0v) is 9.95. The number of carbonyl (C=O) groups is 1. The Hall–Kier alpha value is -2.31. The smallest absolute Gasteiger partial charge is 0.311 e. The highest BCUT2D eigenvalue weighted by Crippen LogP contribution is 2.47. The van der Waals surface area contributed by atoms with Gasteiger partial charge in [0, 0.05) is 5.56 Å². The summed E-state index contributed by atoms with van der Waals surface area (Å²) in [4.78, 5) is 11.2. The average molecular weight is 262 g/mol. The van der Waals surface area contributed by atoms with E-state index in [0.717, 1.165) is 0 Å². The van der Waals surface area contributed by atoms with Crippen LogP contribution in [0.1, 0.15) is 12.8 Å². The largest absolute Gasteiger partial charge is 0.481 e. The molecule has 1 aliphatic rings. The van der Waals surface area contributed by atoms with Gasteiger partial charge < -0.3 is 5.11 Å². The molecule has 1 aromatic carbocycles. The summed E-state index contributed by atoms with van der Waals surface area (Å²) >= 11 is 0. The molecule has 0 bridgehead atoms. The molecule has 0 spiro atoms. The molecule has 1 aliphatic carbocycles. The standard InChI is InChI=1S/C12H11FN4O2/c13-9-3-1-2-8(6-9)10-14-15-16-17(10)7-12(4-5-12)11(18)19/h1-3,6H,4-5,7H2,(H,18,19). The molecule has 7 heteroatoms. The Labute approximate surface area is 107 Å². The minimum atomic E-state index is -0.840. The first-order chi connectivity index (χ1) is 9.11. The molecule has 0 unspecified atom stereocenters. The van der Waals surface area contributed by atoms with Gasteiger partial charge in [-0.15, -0.1) is 5.10 Å². The van der Waals surface area contributed by atoms with Crippen molar-refractivity contribution in [2.45, 2.75) is 19.4 Å². The summed E-state index contributed by atoms with van der Waals surface area (Å²) in [6.07, 6.45) is 1.23. The Morgan fingerprint density at radius 3 is 2.89 bits per heavy atom. The maximum atomic E-state index is 13.2. The van der Waals surface area contributed by atoms with Gasteiger partial charge in [-0.25, -0.2) is 9.07 Å². The summed E-state index contributed by atoms with van der Waals surface area (Å²) < 4.78 is 14.6. The number of benzene rings is 1. The molecule has 2 aromatic rings. The number of carboxylic acid groups (broad SMARTS) is 1. The van der Waals surface area contributed by atoms with Crippen molar-refractivity contribution >= 4 is 5.97 Å². The first-order valence-electron chi connectivity index (χ1n) is 5.86. The van der Waals surface area contributed by atoms with Crippen LogP contribution in [0, 0.1) is 11.2 Å². The molecule has 1 N–H and O–H groups in total. The van der Waals surface area contributed by atoms with Crippen molar-refractivity contribution in [2.75, 3.05) is 0 Å². The average Bonchev–Trinajstić information content (AvgIpc) is 3.01. The van der Waals surface area contributed by atoms with E-state index < -0.39 is 11.4 Å². The third-order valence-corrected chi connectivity index (χ3v) is 3.37. The van der Waals surface area contributed by atoms with Crippen LogP contribution in [0.15, 0.2) is 24.3 Å². The highest BCUT2D eigenvalue weighted by molar-refractivity contribution is 5.77. The van der Waals surface area contributed by atoms with Crippen LogP contribution in [0.5, 0.6) is 0 Å². The number of halogens is 1. The number of hydrogen-bond donors (Lipinski definition) is 1. The Balaban J connectivity index is 1.93. The van der Waals surface area contributed by atoms with Crippen LogP contribution in [-0.4, -0.2) is 31.3 Å². The topological polar surface area (TPSA) is 80.9 Å².